The lowest BCUT2D eigenvalue weighted by Crippen LogP contribution is -2.20. The highest BCUT2D eigenvalue weighted by Gasteiger charge is 2.05. The van der Waals surface area contributed by atoms with E-state index in [-0.39, 0.29) is 11.1 Å². The Balaban J connectivity index is 1.95. The maximum absolute atomic E-state index is 11.9. The van der Waals surface area contributed by atoms with Crippen molar-refractivity contribution in [2.24, 2.45) is 0 Å². The van der Waals surface area contributed by atoms with E-state index in [0.717, 1.165) is 22.4 Å². The third-order valence-electron chi connectivity index (χ3n) is 3.41. The van der Waals surface area contributed by atoms with Crippen LogP contribution in [0.4, 0.5) is 0 Å². The number of fused-ring (bicyclic) bond motifs is 1. The van der Waals surface area contributed by atoms with E-state index in [2.05, 4.69) is 0 Å². The molecule has 21 heavy (non-hydrogen) atoms. The molecule has 3 rings (SSSR count). The summed E-state index contributed by atoms with van der Waals surface area (Å²) in [6.45, 7) is 0.420. The van der Waals surface area contributed by atoms with Crippen LogP contribution < -0.4 is 5.56 Å². The van der Waals surface area contributed by atoms with Crippen molar-refractivity contribution < 1.29 is 9.90 Å². The highest BCUT2D eigenvalue weighted by Crippen LogP contribution is 2.16. The van der Waals surface area contributed by atoms with Crippen LogP contribution in [0.3, 0.4) is 0 Å². The molecule has 4 heteroatoms. The smallest absolute Gasteiger partial charge is 0.335 e. The SMILES string of the molecule is O=C(O)c1ccn(Cc2ccc3ccccc3c2)c(=O)c1. The van der Waals surface area contributed by atoms with Gasteiger partial charge in [-0.3, -0.25) is 4.79 Å². The first-order valence-corrected chi connectivity index (χ1v) is 6.55. The Morgan fingerprint density at radius 1 is 1.00 bits per heavy atom. The van der Waals surface area contributed by atoms with E-state index in [1.165, 1.54) is 16.8 Å². The van der Waals surface area contributed by atoms with E-state index >= 15 is 0 Å². The monoisotopic (exact) mass is 279 g/mol. The predicted octanol–water partition coefficient (Wildman–Crippen LogP) is 2.75. The minimum atomic E-state index is -1.09. The molecule has 0 fully saturated rings. The maximum atomic E-state index is 11.9. The first-order valence-electron chi connectivity index (χ1n) is 6.55. The molecule has 0 radical (unpaired) electrons. The largest absolute Gasteiger partial charge is 0.478 e. The van der Waals surface area contributed by atoms with Crippen LogP contribution in [0.2, 0.25) is 0 Å². The first kappa shape index (κ1) is 13.1. The number of benzene rings is 2. The second-order valence-corrected chi connectivity index (χ2v) is 4.87. The van der Waals surface area contributed by atoms with Crippen molar-refractivity contribution in [2.45, 2.75) is 6.54 Å². The number of carboxylic acid groups (broad SMARTS) is 1. The van der Waals surface area contributed by atoms with Gasteiger partial charge in [-0.2, -0.15) is 0 Å². The van der Waals surface area contributed by atoms with Crippen molar-refractivity contribution >= 4 is 16.7 Å². The van der Waals surface area contributed by atoms with Gasteiger partial charge >= 0.3 is 5.97 Å². The highest BCUT2D eigenvalue weighted by molar-refractivity contribution is 5.87. The average Bonchev–Trinajstić information content (AvgIpc) is 2.49. The normalized spacial score (nSPS) is 10.7. The summed E-state index contributed by atoms with van der Waals surface area (Å²) in [5.74, 6) is -1.09. The second kappa shape index (κ2) is 5.25. The fourth-order valence-corrected chi connectivity index (χ4v) is 2.31. The van der Waals surface area contributed by atoms with E-state index in [4.69, 9.17) is 5.11 Å². The molecule has 0 atom stereocenters. The van der Waals surface area contributed by atoms with Crippen LogP contribution in [-0.4, -0.2) is 15.6 Å². The second-order valence-electron chi connectivity index (χ2n) is 4.87. The fourth-order valence-electron chi connectivity index (χ4n) is 2.31. The Morgan fingerprint density at radius 2 is 1.76 bits per heavy atom. The lowest BCUT2D eigenvalue weighted by atomic mass is 10.1. The summed E-state index contributed by atoms with van der Waals surface area (Å²) in [6, 6.07) is 16.6. The molecule has 4 nitrogen and oxygen atoms in total. The minimum absolute atomic E-state index is 0.00904. The Morgan fingerprint density at radius 3 is 2.48 bits per heavy atom. The molecule has 104 valence electrons. The van der Waals surface area contributed by atoms with Gasteiger partial charge in [0.2, 0.25) is 0 Å². The lowest BCUT2D eigenvalue weighted by molar-refractivity contribution is 0.0696. The maximum Gasteiger partial charge on any atom is 0.335 e. The standard InChI is InChI=1S/C17H13NO3/c19-16-10-15(17(20)21)7-8-18(16)11-12-5-6-13-3-1-2-4-14(13)9-12/h1-10H,11H2,(H,20,21). The van der Waals surface area contributed by atoms with Gasteiger partial charge < -0.3 is 9.67 Å². The van der Waals surface area contributed by atoms with Gasteiger partial charge in [-0.05, 0) is 28.5 Å². The molecule has 0 saturated carbocycles. The van der Waals surface area contributed by atoms with Crippen LogP contribution in [0, 0.1) is 0 Å². The van der Waals surface area contributed by atoms with E-state index in [1.54, 1.807) is 0 Å². The highest BCUT2D eigenvalue weighted by atomic mass is 16.4. The van der Waals surface area contributed by atoms with E-state index in [0.29, 0.717) is 6.54 Å². The van der Waals surface area contributed by atoms with Crippen LogP contribution in [0.1, 0.15) is 15.9 Å². The molecule has 0 aliphatic rings. The molecule has 2 aromatic carbocycles. The Bertz CT molecular complexity index is 880. The predicted molar refractivity (Wildman–Crippen MR) is 80.7 cm³/mol. The van der Waals surface area contributed by atoms with E-state index in [9.17, 15) is 9.59 Å². The zero-order valence-electron chi connectivity index (χ0n) is 11.2. The van der Waals surface area contributed by atoms with Crippen LogP contribution in [0.25, 0.3) is 10.8 Å². The number of pyridine rings is 1. The van der Waals surface area contributed by atoms with Crippen molar-refractivity contribution in [2.75, 3.05) is 0 Å². The lowest BCUT2D eigenvalue weighted by Gasteiger charge is -2.07. The van der Waals surface area contributed by atoms with Crippen molar-refractivity contribution in [3.63, 3.8) is 0 Å². The number of rotatable bonds is 3. The van der Waals surface area contributed by atoms with Gasteiger partial charge in [-0.1, -0.05) is 36.4 Å². The Hall–Kier alpha value is -2.88. The fraction of sp³-hybridized carbons (Fsp3) is 0.0588. The van der Waals surface area contributed by atoms with Gasteiger partial charge in [0.1, 0.15) is 0 Å². The van der Waals surface area contributed by atoms with Crippen molar-refractivity contribution in [3.8, 4) is 0 Å². The zero-order valence-corrected chi connectivity index (χ0v) is 11.2. The van der Waals surface area contributed by atoms with E-state index in [1.807, 2.05) is 42.5 Å². The van der Waals surface area contributed by atoms with Crippen LogP contribution in [-0.2, 0) is 6.54 Å². The molecule has 1 N–H and O–H groups in total. The summed E-state index contributed by atoms with van der Waals surface area (Å²) in [4.78, 5) is 22.7. The number of hydrogen-bond acceptors (Lipinski definition) is 2. The Kier molecular flexibility index (Phi) is 3.28. The van der Waals surface area contributed by atoms with Crippen LogP contribution in [0.15, 0.2) is 65.6 Å². The van der Waals surface area contributed by atoms with Crippen molar-refractivity contribution in [1.82, 2.24) is 4.57 Å². The minimum Gasteiger partial charge on any atom is -0.478 e. The molecule has 0 unspecified atom stereocenters. The third-order valence-corrected chi connectivity index (χ3v) is 3.41. The molecule has 1 heterocycles. The van der Waals surface area contributed by atoms with Crippen molar-refractivity contribution in [3.05, 3.63) is 82.3 Å². The molecule has 0 spiro atoms. The van der Waals surface area contributed by atoms with Gasteiger partial charge in [0.25, 0.3) is 5.56 Å². The number of nitrogens with zero attached hydrogens (tertiary/aromatic N) is 1. The van der Waals surface area contributed by atoms with Gasteiger partial charge in [-0.25, -0.2) is 4.79 Å². The number of aromatic nitrogens is 1. The first-order chi connectivity index (χ1) is 10.1. The summed E-state index contributed by atoms with van der Waals surface area (Å²) in [7, 11) is 0. The summed E-state index contributed by atoms with van der Waals surface area (Å²) < 4.78 is 1.50. The number of hydrogen-bond donors (Lipinski definition) is 1. The molecule has 1 aromatic heterocycles. The Labute approximate surface area is 120 Å². The molecule has 0 aliphatic heterocycles. The number of carbonyl (C=O) groups is 1. The summed E-state index contributed by atoms with van der Waals surface area (Å²) >= 11 is 0. The topological polar surface area (TPSA) is 59.3 Å². The van der Waals surface area contributed by atoms with Gasteiger partial charge in [0, 0.05) is 12.3 Å². The van der Waals surface area contributed by atoms with Gasteiger partial charge in [-0.15, -0.1) is 0 Å². The molecule has 0 amide bonds. The zero-order chi connectivity index (χ0) is 14.8. The molecular weight excluding hydrogens is 266 g/mol. The molecule has 3 aromatic rings. The summed E-state index contributed by atoms with van der Waals surface area (Å²) in [5, 5.41) is 11.1. The molecule has 0 saturated heterocycles. The third kappa shape index (κ3) is 2.69. The van der Waals surface area contributed by atoms with Gasteiger partial charge in [0.15, 0.2) is 0 Å². The van der Waals surface area contributed by atoms with Crippen molar-refractivity contribution in [1.29, 1.82) is 0 Å². The molecule has 0 aliphatic carbocycles. The summed E-state index contributed by atoms with van der Waals surface area (Å²) in [5.41, 5.74) is 0.691. The van der Waals surface area contributed by atoms with Crippen LogP contribution in [0.5, 0.6) is 0 Å². The average molecular weight is 279 g/mol. The number of carboxylic acids is 1. The van der Waals surface area contributed by atoms with Crippen LogP contribution >= 0.6 is 0 Å². The van der Waals surface area contributed by atoms with Gasteiger partial charge in [0.05, 0.1) is 12.1 Å². The number of aromatic carboxylic acids is 1. The quantitative estimate of drug-likeness (QED) is 0.802. The summed E-state index contributed by atoms with van der Waals surface area (Å²) in [6.07, 6.45) is 1.51. The molecule has 0 bridgehead atoms. The van der Waals surface area contributed by atoms with E-state index < -0.39 is 5.97 Å². The molecular formula is C17H13NO3.